The van der Waals surface area contributed by atoms with Crippen molar-refractivity contribution >= 4 is 17.4 Å². The number of aromatic nitrogens is 1. The van der Waals surface area contributed by atoms with Crippen molar-refractivity contribution < 1.29 is 4.79 Å². The SMILES string of the molecule is Nc1cc(N2CCN3C(=O)CCC3C2)ccn1. The van der Waals surface area contributed by atoms with Gasteiger partial charge in [0.1, 0.15) is 5.82 Å². The quantitative estimate of drug-likeness (QED) is 0.764. The zero-order valence-corrected chi connectivity index (χ0v) is 9.67. The molecule has 1 unspecified atom stereocenters. The van der Waals surface area contributed by atoms with Crippen molar-refractivity contribution in [2.24, 2.45) is 0 Å². The van der Waals surface area contributed by atoms with Crippen LogP contribution in [0.2, 0.25) is 0 Å². The highest BCUT2D eigenvalue weighted by Crippen LogP contribution is 2.26. The van der Waals surface area contributed by atoms with E-state index in [4.69, 9.17) is 5.73 Å². The van der Waals surface area contributed by atoms with E-state index >= 15 is 0 Å². The molecule has 2 aliphatic rings. The fourth-order valence-corrected chi connectivity index (χ4v) is 2.73. The Balaban J connectivity index is 1.77. The summed E-state index contributed by atoms with van der Waals surface area (Å²) in [6.07, 6.45) is 3.42. The maximum atomic E-state index is 11.6. The summed E-state index contributed by atoms with van der Waals surface area (Å²) < 4.78 is 0. The standard InChI is InChI=1S/C12H16N4O/c13-11-7-9(3-4-14-11)15-5-6-16-10(8-15)1-2-12(16)17/h3-4,7,10H,1-2,5-6,8H2,(H2,13,14). The molecular weight excluding hydrogens is 216 g/mol. The van der Waals surface area contributed by atoms with E-state index in [-0.39, 0.29) is 0 Å². The summed E-state index contributed by atoms with van der Waals surface area (Å²) in [6.45, 7) is 2.62. The average molecular weight is 232 g/mol. The summed E-state index contributed by atoms with van der Waals surface area (Å²) in [4.78, 5) is 19.9. The van der Waals surface area contributed by atoms with E-state index in [0.717, 1.165) is 31.7 Å². The van der Waals surface area contributed by atoms with Crippen LogP contribution in [0.1, 0.15) is 12.8 Å². The minimum absolute atomic E-state index is 0.309. The number of nitrogens with zero attached hydrogens (tertiary/aromatic N) is 3. The van der Waals surface area contributed by atoms with Gasteiger partial charge < -0.3 is 15.5 Å². The predicted octanol–water partition coefficient (Wildman–Crippen LogP) is 0.475. The summed E-state index contributed by atoms with van der Waals surface area (Å²) in [6, 6.07) is 4.25. The molecule has 1 aromatic heterocycles. The van der Waals surface area contributed by atoms with Crippen molar-refractivity contribution in [2.75, 3.05) is 30.3 Å². The van der Waals surface area contributed by atoms with Crippen LogP contribution >= 0.6 is 0 Å². The van der Waals surface area contributed by atoms with Crippen LogP contribution in [0.25, 0.3) is 0 Å². The van der Waals surface area contributed by atoms with Crippen LogP contribution < -0.4 is 10.6 Å². The Bertz CT molecular complexity index is 448. The second-order valence-electron chi connectivity index (χ2n) is 4.66. The van der Waals surface area contributed by atoms with Crippen molar-refractivity contribution in [3.05, 3.63) is 18.3 Å². The molecule has 2 N–H and O–H groups in total. The third-order valence-electron chi connectivity index (χ3n) is 3.62. The van der Waals surface area contributed by atoms with Gasteiger partial charge in [0, 0.05) is 50.0 Å². The molecule has 0 bridgehead atoms. The first-order valence-electron chi connectivity index (χ1n) is 6.00. The second kappa shape index (κ2) is 3.91. The van der Waals surface area contributed by atoms with Gasteiger partial charge in [-0.3, -0.25) is 4.79 Å². The first-order valence-corrected chi connectivity index (χ1v) is 6.00. The van der Waals surface area contributed by atoms with Gasteiger partial charge >= 0.3 is 0 Å². The lowest BCUT2D eigenvalue weighted by Crippen LogP contribution is -2.51. The summed E-state index contributed by atoms with van der Waals surface area (Å²) in [7, 11) is 0. The molecule has 1 amide bonds. The summed E-state index contributed by atoms with van der Waals surface area (Å²) >= 11 is 0. The number of carbonyl (C=O) groups excluding carboxylic acids is 1. The normalized spacial score (nSPS) is 24.0. The van der Waals surface area contributed by atoms with E-state index in [9.17, 15) is 4.79 Å². The van der Waals surface area contributed by atoms with Crippen LogP contribution in [0.5, 0.6) is 0 Å². The van der Waals surface area contributed by atoms with Gasteiger partial charge in [0.15, 0.2) is 0 Å². The maximum absolute atomic E-state index is 11.6. The van der Waals surface area contributed by atoms with Crippen molar-refractivity contribution in [1.29, 1.82) is 0 Å². The van der Waals surface area contributed by atoms with Crippen LogP contribution in [0.3, 0.4) is 0 Å². The van der Waals surface area contributed by atoms with Crippen molar-refractivity contribution in [3.8, 4) is 0 Å². The van der Waals surface area contributed by atoms with Crippen LogP contribution in [-0.4, -0.2) is 41.5 Å². The topological polar surface area (TPSA) is 62.5 Å². The second-order valence-corrected chi connectivity index (χ2v) is 4.66. The number of nitrogens with two attached hydrogens (primary N) is 1. The summed E-state index contributed by atoms with van der Waals surface area (Å²) in [5, 5.41) is 0. The summed E-state index contributed by atoms with van der Waals surface area (Å²) in [5.41, 5.74) is 6.80. The van der Waals surface area contributed by atoms with Gasteiger partial charge in [-0.25, -0.2) is 4.98 Å². The molecule has 0 aliphatic carbocycles. The number of piperazine rings is 1. The first kappa shape index (κ1) is 10.4. The van der Waals surface area contributed by atoms with Gasteiger partial charge in [-0.15, -0.1) is 0 Å². The van der Waals surface area contributed by atoms with E-state index in [0.29, 0.717) is 24.2 Å². The molecule has 3 heterocycles. The Morgan fingerprint density at radius 3 is 3.12 bits per heavy atom. The Labute approximate surface area is 100 Å². The van der Waals surface area contributed by atoms with Crippen molar-refractivity contribution in [2.45, 2.75) is 18.9 Å². The third kappa shape index (κ3) is 1.81. The molecule has 5 nitrogen and oxygen atoms in total. The van der Waals surface area contributed by atoms with Crippen LogP contribution in [0, 0.1) is 0 Å². The molecule has 0 spiro atoms. The fourth-order valence-electron chi connectivity index (χ4n) is 2.73. The van der Waals surface area contributed by atoms with Crippen LogP contribution in [0.4, 0.5) is 11.5 Å². The van der Waals surface area contributed by atoms with Gasteiger partial charge in [-0.1, -0.05) is 0 Å². The Hall–Kier alpha value is -1.78. The lowest BCUT2D eigenvalue weighted by atomic mass is 10.1. The number of carbonyl (C=O) groups is 1. The molecule has 1 aromatic rings. The lowest BCUT2D eigenvalue weighted by molar-refractivity contribution is -0.129. The zero-order valence-electron chi connectivity index (χ0n) is 9.67. The molecule has 90 valence electrons. The fraction of sp³-hybridized carbons (Fsp3) is 0.500. The van der Waals surface area contributed by atoms with E-state index in [1.165, 1.54) is 0 Å². The smallest absolute Gasteiger partial charge is 0.223 e. The molecule has 0 aromatic carbocycles. The van der Waals surface area contributed by atoms with Gasteiger partial charge in [0.25, 0.3) is 0 Å². The highest BCUT2D eigenvalue weighted by molar-refractivity contribution is 5.79. The molecule has 17 heavy (non-hydrogen) atoms. The molecule has 2 fully saturated rings. The summed E-state index contributed by atoms with van der Waals surface area (Å²) in [5.74, 6) is 0.858. The van der Waals surface area contributed by atoms with E-state index in [1.54, 1.807) is 6.20 Å². The molecule has 5 heteroatoms. The number of nitrogen functional groups attached to an aromatic ring is 1. The molecule has 3 rings (SSSR count). The van der Waals surface area contributed by atoms with Crippen molar-refractivity contribution in [3.63, 3.8) is 0 Å². The number of pyridine rings is 1. The van der Waals surface area contributed by atoms with Crippen LogP contribution in [0.15, 0.2) is 18.3 Å². The number of anilines is 2. The number of amides is 1. The molecular formula is C12H16N4O. The average Bonchev–Trinajstić information content (AvgIpc) is 2.71. The van der Waals surface area contributed by atoms with E-state index in [1.807, 2.05) is 17.0 Å². The molecule has 2 saturated heterocycles. The first-order chi connectivity index (χ1) is 8.24. The number of fused-ring (bicyclic) bond motifs is 1. The lowest BCUT2D eigenvalue weighted by Gasteiger charge is -2.38. The van der Waals surface area contributed by atoms with Gasteiger partial charge in [0.05, 0.1) is 0 Å². The molecule has 0 radical (unpaired) electrons. The van der Waals surface area contributed by atoms with Gasteiger partial charge in [-0.05, 0) is 12.5 Å². The highest BCUT2D eigenvalue weighted by atomic mass is 16.2. The number of rotatable bonds is 1. The molecule has 0 saturated carbocycles. The number of hydrogen-bond acceptors (Lipinski definition) is 4. The Kier molecular flexibility index (Phi) is 2.39. The monoisotopic (exact) mass is 232 g/mol. The zero-order chi connectivity index (χ0) is 11.8. The van der Waals surface area contributed by atoms with Gasteiger partial charge in [0.2, 0.25) is 5.91 Å². The van der Waals surface area contributed by atoms with E-state index < -0.39 is 0 Å². The van der Waals surface area contributed by atoms with E-state index in [2.05, 4.69) is 9.88 Å². The van der Waals surface area contributed by atoms with Gasteiger partial charge in [-0.2, -0.15) is 0 Å². The predicted molar refractivity (Wildman–Crippen MR) is 65.6 cm³/mol. The minimum atomic E-state index is 0.309. The number of hydrogen-bond donors (Lipinski definition) is 1. The van der Waals surface area contributed by atoms with Crippen molar-refractivity contribution in [1.82, 2.24) is 9.88 Å². The Morgan fingerprint density at radius 2 is 2.29 bits per heavy atom. The third-order valence-corrected chi connectivity index (χ3v) is 3.62. The maximum Gasteiger partial charge on any atom is 0.223 e. The molecule has 2 aliphatic heterocycles. The molecule has 1 atom stereocenters. The highest BCUT2D eigenvalue weighted by Gasteiger charge is 2.35. The largest absolute Gasteiger partial charge is 0.384 e. The Morgan fingerprint density at radius 1 is 1.41 bits per heavy atom. The minimum Gasteiger partial charge on any atom is -0.384 e. The van der Waals surface area contributed by atoms with Crippen LogP contribution in [-0.2, 0) is 4.79 Å².